The molecule has 30 heavy (non-hydrogen) atoms. The number of ether oxygens (including phenoxy) is 2. The van der Waals surface area contributed by atoms with Crippen LogP contribution in [-0.4, -0.2) is 42.1 Å². The van der Waals surface area contributed by atoms with Crippen LogP contribution in [0, 0.1) is 0 Å². The first-order valence-electron chi connectivity index (χ1n) is 10.1. The number of nitrogens with one attached hydrogen (secondary N) is 1. The van der Waals surface area contributed by atoms with Crippen molar-refractivity contribution in [1.82, 2.24) is 15.1 Å². The highest BCUT2D eigenvalue weighted by molar-refractivity contribution is 5.92. The lowest BCUT2D eigenvalue weighted by molar-refractivity contribution is -0.116. The molecule has 1 aliphatic rings. The number of carbonyl (C=O) groups is 1. The first kappa shape index (κ1) is 19.9. The molecule has 6 heteroatoms. The molecule has 154 valence electrons. The van der Waals surface area contributed by atoms with Crippen LogP contribution >= 0.6 is 0 Å². The summed E-state index contributed by atoms with van der Waals surface area (Å²) in [5, 5.41) is 7.68. The lowest BCUT2D eigenvalue weighted by Crippen LogP contribution is -2.30. The van der Waals surface area contributed by atoms with Gasteiger partial charge in [0.1, 0.15) is 5.75 Å². The van der Waals surface area contributed by atoms with E-state index in [0.29, 0.717) is 6.54 Å². The van der Waals surface area contributed by atoms with E-state index in [-0.39, 0.29) is 12.0 Å². The number of amides is 1. The molecule has 1 aromatic heterocycles. The van der Waals surface area contributed by atoms with Crippen LogP contribution in [0.4, 0.5) is 0 Å². The molecule has 4 rings (SSSR count). The second-order valence-electron chi connectivity index (χ2n) is 7.16. The maximum atomic E-state index is 12.3. The van der Waals surface area contributed by atoms with E-state index in [9.17, 15) is 4.79 Å². The van der Waals surface area contributed by atoms with Crippen LogP contribution in [0.5, 0.6) is 5.75 Å². The SMILES string of the molecule is COc1ccc(-c2nn(-c3ccccc3)cc2/C=C/C(=O)NC[C@@H]2CCCO2)cc1. The highest BCUT2D eigenvalue weighted by Crippen LogP contribution is 2.26. The van der Waals surface area contributed by atoms with Crippen molar-refractivity contribution in [2.75, 3.05) is 20.3 Å². The Morgan fingerprint density at radius 3 is 2.73 bits per heavy atom. The zero-order valence-electron chi connectivity index (χ0n) is 17.0. The van der Waals surface area contributed by atoms with Gasteiger partial charge in [0.05, 0.1) is 24.6 Å². The van der Waals surface area contributed by atoms with Crippen molar-refractivity contribution < 1.29 is 14.3 Å². The average molecular weight is 403 g/mol. The van der Waals surface area contributed by atoms with E-state index < -0.39 is 0 Å². The number of rotatable bonds is 7. The Labute approximate surface area is 176 Å². The van der Waals surface area contributed by atoms with Crippen molar-refractivity contribution >= 4 is 12.0 Å². The molecule has 0 aliphatic carbocycles. The van der Waals surface area contributed by atoms with Gasteiger partial charge in [-0.3, -0.25) is 4.79 Å². The molecular weight excluding hydrogens is 378 g/mol. The predicted molar refractivity (Wildman–Crippen MR) is 117 cm³/mol. The standard InChI is InChI=1S/C24H25N3O3/c1-29-21-12-9-18(10-13-21)24-19(17-27(26-24)20-6-3-2-4-7-20)11-14-23(28)25-16-22-8-5-15-30-22/h2-4,6-7,9-14,17,22H,5,8,15-16H2,1H3,(H,25,28)/b14-11+/t22-/m0/s1. The molecular formula is C24H25N3O3. The van der Waals surface area contributed by atoms with Crippen LogP contribution in [0.1, 0.15) is 18.4 Å². The highest BCUT2D eigenvalue weighted by Gasteiger charge is 2.16. The molecule has 2 heterocycles. The van der Waals surface area contributed by atoms with E-state index in [1.54, 1.807) is 19.3 Å². The molecule has 1 saturated heterocycles. The minimum atomic E-state index is -0.140. The first-order valence-corrected chi connectivity index (χ1v) is 10.1. The third-order valence-electron chi connectivity index (χ3n) is 5.07. The van der Waals surface area contributed by atoms with Gasteiger partial charge in [-0.2, -0.15) is 5.10 Å². The quantitative estimate of drug-likeness (QED) is 0.609. The minimum Gasteiger partial charge on any atom is -0.497 e. The summed E-state index contributed by atoms with van der Waals surface area (Å²) in [7, 11) is 1.64. The second-order valence-corrected chi connectivity index (χ2v) is 7.16. The van der Waals surface area contributed by atoms with Crippen LogP contribution in [-0.2, 0) is 9.53 Å². The summed E-state index contributed by atoms with van der Waals surface area (Å²) in [6.07, 6.45) is 7.46. The van der Waals surface area contributed by atoms with E-state index in [1.807, 2.05) is 65.5 Å². The van der Waals surface area contributed by atoms with Crippen LogP contribution in [0.2, 0.25) is 0 Å². The topological polar surface area (TPSA) is 65.4 Å². The molecule has 1 fully saturated rings. The van der Waals surface area contributed by atoms with Crippen LogP contribution in [0.3, 0.4) is 0 Å². The fourth-order valence-corrected chi connectivity index (χ4v) is 3.44. The van der Waals surface area contributed by atoms with Crippen LogP contribution in [0.15, 0.2) is 66.9 Å². The monoisotopic (exact) mass is 403 g/mol. The number of hydrogen-bond donors (Lipinski definition) is 1. The van der Waals surface area contributed by atoms with Crippen LogP contribution < -0.4 is 10.1 Å². The van der Waals surface area contributed by atoms with Crippen molar-refractivity contribution in [3.63, 3.8) is 0 Å². The maximum Gasteiger partial charge on any atom is 0.244 e. The average Bonchev–Trinajstić information content (AvgIpc) is 3.47. The second kappa shape index (κ2) is 9.41. The molecule has 0 radical (unpaired) electrons. The molecule has 1 amide bonds. The molecule has 0 bridgehead atoms. The molecule has 3 aromatic rings. The van der Waals surface area contributed by atoms with Gasteiger partial charge >= 0.3 is 0 Å². The van der Waals surface area contributed by atoms with E-state index in [2.05, 4.69) is 5.32 Å². The number of aromatic nitrogens is 2. The summed E-state index contributed by atoms with van der Waals surface area (Å²) in [5.41, 5.74) is 3.56. The van der Waals surface area contributed by atoms with Crippen molar-refractivity contribution in [2.24, 2.45) is 0 Å². The Bertz CT molecular complexity index is 1000. The number of carbonyl (C=O) groups excluding carboxylic acids is 1. The summed E-state index contributed by atoms with van der Waals surface area (Å²) in [5.74, 6) is 0.644. The molecule has 6 nitrogen and oxygen atoms in total. The summed E-state index contributed by atoms with van der Waals surface area (Å²) < 4.78 is 12.6. The Hall–Kier alpha value is -3.38. The lowest BCUT2D eigenvalue weighted by atomic mass is 10.1. The van der Waals surface area contributed by atoms with Crippen molar-refractivity contribution in [2.45, 2.75) is 18.9 Å². The molecule has 1 N–H and O–H groups in total. The predicted octanol–water partition coefficient (Wildman–Crippen LogP) is 3.86. The summed E-state index contributed by atoms with van der Waals surface area (Å²) in [4.78, 5) is 12.3. The zero-order chi connectivity index (χ0) is 20.8. The Kier molecular flexibility index (Phi) is 6.25. The number of benzene rings is 2. The van der Waals surface area contributed by atoms with E-state index in [0.717, 1.165) is 47.7 Å². The molecule has 1 atom stereocenters. The molecule has 0 unspecified atom stereocenters. The van der Waals surface area contributed by atoms with Gasteiger partial charge < -0.3 is 14.8 Å². The molecule has 2 aromatic carbocycles. The van der Waals surface area contributed by atoms with Gasteiger partial charge in [-0.05, 0) is 55.3 Å². The van der Waals surface area contributed by atoms with Gasteiger partial charge in [0.2, 0.25) is 5.91 Å². The number of nitrogens with zero attached hydrogens (tertiary/aromatic N) is 2. The molecule has 0 saturated carbocycles. The largest absolute Gasteiger partial charge is 0.497 e. The fraction of sp³-hybridized carbons (Fsp3) is 0.250. The van der Waals surface area contributed by atoms with E-state index >= 15 is 0 Å². The normalized spacial score (nSPS) is 16.1. The Morgan fingerprint density at radius 1 is 1.23 bits per heavy atom. The van der Waals surface area contributed by atoms with Gasteiger partial charge in [0, 0.05) is 36.6 Å². The summed E-state index contributed by atoms with van der Waals surface area (Å²) in [6.45, 7) is 1.32. The van der Waals surface area contributed by atoms with Gasteiger partial charge in [0.25, 0.3) is 0 Å². The Morgan fingerprint density at radius 2 is 2.03 bits per heavy atom. The fourth-order valence-electron chi connectivity index (χ4n) is 3.44. The Balaban J connectivity index is 1.57. The zero-order valence-corrected chi connectivity index (χ0v) is 17.0. The van der Waals surface area contributed by atoms with Gasteiger partial charge in [-0.25, -0.2) is 4.68 Å². The smallest absolute Gasteiger partial charge is 0.244 e. The number of hydrogen-bond acceptors (Lipinski definition) is 4. The number of methoxy groups -OCH3 is 1. The maximum absolute atomic E-state index is 12.3. The van der Waals surface area contributed by atoms with Gasteiger partial charge in [0.15, 0.2) is 0 Å². The van der Waals surface area contributed by atoms with Gasteiger partial charge in [-0.1, -0.05) is 18.2 Å². The summed E-state index contributed by atoms with van der Waals surface area (Å²) in [6, 6.07) is 17.6. The highest BCUT2D eigenvalue weighted by atomic mass is 16.5. The third kappa shape index (κ3) is 4.78. The number of para-hydroxylation sites is 1. The third-order valence-corrected chi connectivity index (χ3v) is 5.07. The van der Waals surface area contributed by atoms with Crippen molar-refractivity contribution in [3.05, 3.63) is 72.4 Å². The first-order chi connectivity index (χ1) is 14.7. The summed E-state index contributed by atoms with van der Waals surface area (Å²) >= 11 is 0. The minimum absolute atomic E-state index is 0.123. The van der Waals surface area contributed by atoms with Gasteiger partial charge in [-0.15, -0.1) is 0 Å². The molecule has 0 spiro atoms. The van der Waals surface area contributed by atoms with Crippen molar-refractivity contribution in [1.29, 1.82) is 0 Å². The van der Waals surface area contributed by atoms with Crippen molar-refractivity contribution in [3.8, 4) is 22.7 Å². The van der Waals surface area contributed by atoms with E-state index in [4.69, 9.17) is 14.6 Å². The lowest BCUT2D eigenvalue weighted by Gasteiger charge is -2.08. The van der Waals surface area contributed by atoms with Crippen LogP contribution in [0.25, 0.3) is 23.0 Å². The van der Waals surface area contributed by atoms with E-state index in [1.165, 1.54) is 0 Å². The molecule has 1 aliphatic heterocycles.